The minimum absolute atomic E-state index is 0.0294. The molecule has 2 N–H and O–H groups in total. The van der Waals surface area contributed by atoms with E-state index in [1.54, 1.807) is 19.1 Å². The van der Waals surface area contributed by atoms with Crippen molar-refractivity contribution in [3.8, 4) is 0 Å². The maximum absolute atomic E-state index is 13.0. The van der Waals surface area contributed by atoms with E-state index in [0.29, 0.717) is 18.0 Å². The van der Waals surface area contributed by atoms with Crippen LogP contribution in [0.1, 0.15) is 38.8 Å². The Bertz CT molecular complexity index is 692. The molecule has 1 fully saturated rings. The summed E-state index contributed by atoms with van der Waals surface area (Å²) in [4.78, 5) is 27.4. The molecule has 6 nitrogen and oxygen atoms in total. The fraction of sp³-hybridized carbons (Fsp3) is 0.600. The van der Waals surface area contributed by atoms with Gasteiger partial charge in [-0.05, 0) is 38.1 Å². The van der Waals surface area contributed by atoms with Gasteiger partial charge in [-0.3, -0.25) is 14.5 Å². The van der Waals surface area contributed by atoms with Crippen LogP contribution in [0.25, 0.3) is 0 Å². The highest BCUT2D eigenvalue weighted by molar-refractivity contribution is 6.30. The predicted molar refractivity (Wildman–Crippen MR) is 104 cm³/mol. The molecular weight excluding hydrogens is 368 g/mol. The van der Waals surface area contributed by atoms with Crippen LogP contribution >= 0.6 is 11.6 Å². The fourth-order valence-electron chi connectivity index (χ4n) is 3.57. The number of hydrogen-bond donors (Lipinski definition) is 2. The molecule has 0 spiro atoms. The summed E-state index contributed by atoms with van der Waals surface area (Å²) in [6, 6.07) is 7.03. The van der Waals surface area contributed by atoms with Gasteiger partial charge in [0.2, 0.25) is 5.91 Å². The number of nitrogens with zero attached hydrogens (tertiary/aromatic N) is 1. The van der Waals surface area contributed by atoms with Gasteiger partial charge in [0.15, 0.2) is 0 Å². The van der Waals surface area contributed by atoms with Crippen molar-refractivity contribution in [2.75, 3.05) is 27.3 Å². The van der Waals surface area contributed by atoms with Crippen LogP contribution in [0, 0.1) is 11.3 Å². The van der Waals surface area contributed by atoms with Crippen LogP contribution < -0.4 is 5.32 Å². The lowest BCUT2D eigenvalue weighted by Crippen LogP contribution is -2.47. The predicted octanol–water partition coefficient (Wildman–Crippen LogP) is 2.40. The van der Waals surface area contributed by atoms with Crippen molar-refractivity contribution < 1.29 is 19.4 Å². The summed E-state index contributed by atoms with van der Waals surface area (Å²) in [5, 5.41) is 13.0. The van der Waals surface area contributed by atoms with E-state index in [1.165, 1.54) is 7.11 Å². The van der Waals surface area contributed by atoms with E-state index in [-0.39, 0.29) is 24.5 Å². The van der Waals surface area contributed by atoms with E-state index in [4.69, 9.17) is 16.3 Å². The number of ether oxygens (including phenoxy) is 1. The van der Waals surface area contributed by atoms with Crippen LogP contribution in [0.2, 0.25) is 5.02 Å². The van der Waals surface area contributed by atoms with Crippen LogP contribution in [-0.2, 0) is 14.3 Å². The first-order valence-corrected chi connectivity index (χ1v) is 9.39. The Morgan fingerprint density at radius 3 is 2.48 bits per heavy atom. The molecule has 0 aliphatic carbocycles. The number of carbonyl (C=O) groups is 2. The number of likely N-dealkylation sites (N-methyl/N-ethyl adjacent to an activating group) is 1. The number of rotatable bonds is 6. The van der Waals surface area contributed by atoms with Gasteiger partial charge in [0.25, 0.3) is 0 Å². The Balaban J connectivity index is 2.34. The van der Waals surface area contributed by atoms with Crippen LogP contribution in [-0.4, -0.2) is 54.7 Å². The van der Waals surface area contributed by atoms with Crippen LogP contribution in [0.4, 0.5) is 0 Å². The number of hydrogen-bond acceptors (Lipinski definition) is 5. The maximum Gasteiger partial charge on any atom is 0.326 e. The summed E-state index contributed by atoms with van der Waals surface area (Å²) in [5.74, 6) is -0.944. The first kappa shape index (κ1) is 21.7. The molecule has 1 aliphatic heterocycles. The van der Waals surface area contributed by atoms with Gasteiger partial charge in [-0.1, -0.05) is 37.6 Å². The van der Waals surface area contributed by atoms with Crippen molar-refractivity contribution in [1.29, 1.82) is 0 Å². The Morgan fingerprint density at radius 2 is 1.96 bits per heavy atom. The number of carbonyl (C=O) groups excluding carboxylic acids is 2. The summed E-state index contributed by atoms with van der Waals surface area (Å²) < 4.78 is 5.00. The van der Waals surface area contributed by atoms with Crippen molar-refractivity contribution in [2.45, 2.75) is 38.8 Å². The van der Waals surface area contributed by atoms with Crippen LogP contribution in [0.5, 0.6) is 0 Å². The zero-order chi connectivity index (χ0) is 20.4. The largest absolute Gasteiger partial charge is 0.468 e. The number of halogens is 1. The SMILES string of the molecule is COC(=O)[C@]1(C)C[C@H](C(=O)NCC(C)(C)CO)[C@H](c2ccc(Cl)cc2)N1C. The smallest absolute Gasteiger partial charge is 0.326 e. The number of benzene rings is 1. The van der Waals surface area contributed by atoms with E-state index in [2.05, 4.69) is 5.32 Å². The first-order chi connectivity index (χ1) is 12.6. The number of amides is 1. The molecule has 0 bridgehead atoms. The van der Waals surface area contributed by atoms with Crippen molar-refractivity contribution in [1.82, 2.24) is 10.2 Å². The number of aliphatic hydroxyl groups is 1. The Morgan fingerprint density at radius 1 is 1.37 bits per heavy atom. The number of nitrogens with one attached hydrogen (secondary N) is 1. The molecule has 150 valence electrons. The second kappa shape index (κ2) is 8.17. The minimum atomic E-state index is -0.909. The molecule has 2 rings (SSSR count). The van der Waals surface area contributed by atoms with Gasteiger partial charge in [-0.15, -0.1) is 0 Å². The zero-order valence-corrected chi connectivity index (χ0v) is 17.3. The van der Waals surface area contributed by atoms with Crippen molar-refractivity contribution >= 4 is 23.5 Å². The minimum Gasteiger partial charge on any atom is -0.468 e. The Kier molecular flexibility index (Phi) is 6.55. The number of methoxy groups -OCH3 is 1. The number of aliphatic hydroxyl groups excluding tert-OH is 1. The molecule has 1 saturated heterocycles. The van der Waals surface area contributed by atoms with Crippen molar-refractivity contribution in [3.05, 3.63) is 34.9 Å². The molecule has 1 amide bonds. The Hall–Kier alpha value is -1.63. The first-order valence-electron chi connectivity index (χ1n) is 9.01. The molecule has 3 atom stereocenters. The molecule has 1 heterocycles. The van der Waals surface area contributed by atoms with Gasteiger partial charge in [0.05, 0.1) is 13.0 Å². The summed E-state index contributed by atoms with van der Waals surface area (Å²) in [6.07, 6.45) is 0.342. The molecule has 1 aromatic rings. The third-order valence-electron chi connectivity index (χ3n) is 5.54. The summed E-state index contributed by atoms with van der Waals surface area (Å²) in [7, 11) is 3.19. The van der Waals surface area contributed by atoms with Crippen LogP contribution in [0.15, 0.2) is 24.3 Å². The lowest BCUT2D eigenvalue weighted by atomic mass is 9.88. The Labute approximate surface area is 165 Å². The number of likely N-dealkylation sites (tertiary alicyclic amines) is 1. The summed E-state index contributed by atoms with van der Waals surface area (Å²) >= 11 is 6.01. The lowest BCUT2D eigenvalue weighted by molar-refractivity contribution is -0.152. The van der Waals surface area contributed by atoms with E-state index < -0.39 is 16.9 Å². The van der Waals surface area contributed by atoms with Gasteiger partial charge in [0.1, 0.15) is 5.54 Å². The molecule has 27 heavy (non-hydrogen) atoms. The van der Waals surface area contributed by atoms with Crippen molar-refractivity contribution in [3.63, 3.8) is 0 Å². The molecule has 1 aliphatic rings. The van der Waals surface area contributed by atoms with E-state index in [9.17, 15) is 14.7 Å². The van der Waals surface area contributed by atoms with Gasteiger partial charge < -0.3 is 15.2 Å². The highest BCUT2D eigenvalue weighted by Gasteiger charge is 2.54. The summed E-state index contributed by atoms with van der Waals surface area (Å²) in [6.45, 7) is 5.88. The highest BCUT2D eigenvalue weighted by Crippen LogP contribution is 2.46. The molecule has 0 saturated carbocycles. The molecular formula is C20H29ClN2O4. The average Bonchev–Trinajstić information content (AvgIpc) is 2.92. The normalized spacial score (nSPS) is 26.0. The van der Waals surface area contributed by atoms with E-state index >= 15 is 0 Å². The molecule has 0 unspecified atom stereocenters. The quantitative estimate of drug-likeness (QED) is 0.722. The molecule has 7 heteroatoms. The van der Waals surface area contributed by atoms with E-state index in [0.717, 1.165) is 5.56 Å². The monoisotopic (exact) mass is 396 g/mol. The zero-order valence-electron chi connectivity index (χ0n) is 16.6. The van der Waals surface area contributed by atoms with Gasteiger partial charge in [-0.2, -0.15) is 0 Å². The standard InChI is InChI=1S/C20H29ClN2O4/c1-19(2,12-24)11-22-17(25)15-10-20(3,18(26)27-5)23(4)16(15)13-6-8-14(21)9-7-13/h6-9,15-16,24H,10-12H2,1-5H3,(H,22,25)/t15-,16-,20-/m0/s1. The topological polar surface area (TPSA) is 78.9 Å². The van der Waals surface area contributed by atoms with Gasteiger partial charge >= 0.3 is 5.97 Å². The lowest BCUT2D eigenvalue weighted by Gasteiger charge is -2.33. The number of esters is 1. The average molecular weight is 397 g/mol. The maximum atomic E-state index is 13.0. The highest BCUT2D eigenvalue weighted by atomic mass is 35.5. The van der Waals surface area contributed by atoms with Gasteiger partial charge in [0, 0.05) is 29.6 Å². The second-order valence-electron chi connectivity index (χ2n) is 8.22. The van der Waals surface area contributed by atoms with Crippen LogP contribution in [0.3, 0.4) is 0 Å². The van der Waals surface area contributed by atoms with E-state index in [1.807, 2.05) is 37.9 Å². The van der Waals surface area contributed by atoms with Gasteiger partial charge in [-0.25, -0.2) is 0 Å². The fourth-order valence-corrected chi connectivity index (χ4v) is 3.70. The molecule has 1 aromatic carbocycles. The second-order valence-corrected chi connectivity index (χ2v) is 8.66. The third-order valence-corrected chi connectivity index (χ3v) is 5.79. The van der Waals surface area contributed by atoms with Crippen molar-refractivity contribution in [2.24, 2.45) is 11.3 Å². The molecule has 0 aromatic heterocycles. The third kappa shape index (κ3) is 4.45. The summed E-state index contributed by atoms with van der Waals surface area (Å²) in [5.41, 5.74) is -0.411. The molecule has 0 radical (unpaired) electrons.